The molecule has 2 atom stereocenters. The Labute approximate surface area is 188 Å². The lowest BCUT2D eigenvalue weighted by molar-refractivity contribution is 0.0748. The molecular weight excluding hydrogens is 406 g/mol. The number of likely N-dealkylation sites (tertiary alicyclic amines) is 1. The van der Waals surface area contributed by atoms with Crippen molar-refractivity contribution in [2.45, 2.75) is 25.7 Å². The summed E-state index contributed by atoms with van der Waals surface area (Å²) in [4.78, 5) is 11.0. The third kappa shape index (κ3) is 5.62. The van der Waals surface area contributed by atoms with Gasteiger partial charge in [-0.05, 0) is 79.8 Å². The molecule has 1 saturated heterocycles. The van der Waals surface area contributed by atoms with E-state index in [1.165, 1.54) is 10.9 Å². The number of benzene rings is 1. The first-order valence-electron chi connectivity index (χ1n) is 10.9. The minimum atomic E-state index is 0.246. The number of fused-ring (bicyclic) bond motifs is 1. The van der Waals surface area contributed by atoms with Crippen molar-refractivity contribution in [3.05, 3.63) is 52.6 Å². The monoisotopic (exact) mass is 435 g/mol. The van der Waals surface area contributed by atoms with Crippen molar-refractivity contribution in [1.82, 2.24) is 14.9 Å². The number of piperidine rings is 1. The molecule has 0 aliphatic carbocycles. The number of hydrogen-bond donors (Lipinski definition) is 1. The summed E-state index contributed by atoms with van der Waals surface area (Å²) in [6.45, 7) is 2.95. The smallest absolute Gasteiger partial charge is 0.124 e. The molecule has 1 aromatic carbocycles. The lowest BCUT2D eigenvalue weighted by atomic mass is 9.82. The highest BCUT2D eigenvalue weighted by Crippen LogP contribution is 2.29. The fourth-order valence-electron chi connectivity index (χ4n) is 4.48. The van der Waals surface area contributed by atoms with Crippen molar-refractivity contribution in [2.24, 2.45) is 11.8 Å². The van der Waals surface area contributed by atoms with Gasteiger partial charge < -0.3 is 9.84 Å². The number of aryl methyl sites for hydroxylation is 1. The molecule has 5 nitrogen and oxygen atoms in total. The van der Waals surface area contributed by atoms with Crippen LogP contribution in [0.15, 0.2) is 41.4 Å². The first-order chi connectivity index (χ1) is 15.3. The fourth-order valence-corrected chi connectivity index (χ4v) is 4.97. The van der Waals surface area contributed by atoms with E-state index in [9.17, 15) is 5.11 Å². The highest BCUT2D eigenvalue weighted by Gasteiger charge is 2.28. The molecule has 0 spiro atoms. The van der Waals surface area contributed by atoms with Crippen molar-refractivity contribution >= 4 is 22.2 Å². The topological polar surface area (TPSA) is 58.5 Å². The predicted octanol–water partition coefficient (Wildman–Crippen LogP) is 4.00. The Balaban J connectivity index is 1.30. The molecule has 0 bridgehead atoms. The van der Waals surface area contributed by atoms with Gasteiger partial charge in [0.05, 0.1) is 24.7 Å². The number of ether oxygens (including phenoxy) is 1. The number of rotatable bonds is 7. The highest BCUT2D eigenvalue weighted by molar-refractivity contribution is 7.07. The number of thiazole rings is 1. The summed E-state index contributed by atoms with van der Waals surface area (Å²) in [5.41, 5.74) is 4.99. The second kappa shape index (κ2) is 10.7. The number of nitrogens with zero attached hydrogens (tertiary/aromatic N) is 3. The van der Waals surface area contributed by atoms with Crippen molar-refractivity contribution in [2.75, 3.05) is 33.4 Å². The van der Waals surface area contributed by atoms with Gasteiger partial charge in [0.25, 0.3) is 0 Å². The van der Waals surface area contributed by atoms with Crippen molar-refractivity contribution in [1.29, 1.82) is 0 Å². The summed E-state index contributed by atoms with van der Waals surface area (Å²) < 4.78 is 5.39. The minimum absolute atomic E-state index is 0.246. The molecule has 0 amide bonds. The van der Waals surface area contributed by atoms with Crippen molar-refractivity contribution in [3.63, 3.8) is 0 Å². The summed E-state index contributed by atoms with van der Waals surface area (Å²) >= 11 is 1.57. The maximum Gasteiger partial charge on any atom is 0.124 e. The Morgan fingerprint density at radius 3 is 3.00 bits per heavy atom. The number of aliphatic hydroxyl groups excluding tert-OH is 1. The lowest BCUT2D eigenvalue weighted by Gasteiger charge is -2.37. The molecule has 1 fully saturated rings. The van der Waals surface area contributed by atoms with Gasteiger partial charge in [-0.15, -0.1) is 11.3 Å². The number of aliphatic hydroxyl groups is 1. The molecule has 2 aromatic heterocycles. The third-order valence-corrected chi connectivity index (χ3v) is 6.81. The van der Waals surface area contributed by atoms with Crippen molar-refractivity contribution in [3.8, 4) is 17.6 Å². The summed E-state index contributed by atoms with van der Waals surface area (Å²) in [7, 11) is 1.70. The quantitative estimate of drug-likeness (QED) is 0.569. The summed E-state index contributed by atoms with van der Waals surface area (Å²) in [5.74, 6) is 8.11. The molecule has 3 heterocycles. The first kappa shape index (κ1) is 21.8. The van der Waals surface area contributed by atoms with Crippen LogP contribution in [-0.2, 0) is 6.42 Å². The summed E-state index contributed by atoms with van der Waals surface area (Å²) in [5, 5.41) is 13.1. The highest BCUT2D eigenvalue weighted by atomic mass is 32.1. The van der Waals surface area contributed by atoms with Gasteiger partial charge in [0.15, 0.2) is 0 Å². The van der Waals surface area contributed by atoms with Crippen LogP contribution in [0.4, 0.5) is 0 Å². The zero-order valence-electron chi connectivity index (χ0n) is 18.0. The van der Waals surface area contributed by atoms with Crippen LogP contribution in [0.25, 0.3) is 10.9 Å². The van der Waals surface area contributed by atoms with Gasteiger partial charge in [0.2, 0.25) is 0 Å². The van der Waals surface area contributed by atoms with Gasteiger partial charge in [0.1, 0.15) is 11.4 Å². The molecule has 6 heteroatoms. The van der Waals surface area contributed by atoms with E-state index in [0.29, 0.717) is 11.8 Å². The largest absolute Gasteiger partial charge is 0.497 e. The van der Waals surface area contributed by atoms with Crippen LogP contribution >= 0.6 is 11.3 Å². The first-order valence-corrected chi connectivity index (χ1v) is 11.8. The van der Waals surface area contributed by atoms with Gasteiger partial charge in [-0.25, -0.2) is 4.98 Å². The zero-order chi connectivity index (χ0) is 21.5. The molecule has 0 unspecified atom stereocenters. The van der Waals surface area contributed by atoms with Crippen LogP contribution in [-0.4, -0.2) is 53.3 Å². The molecule has 0 radical (unpaired) electrons. The lowest BCUT2D eigenvalue weighted by Crippen LogP contribution is -2.42. The van der Waals surface area contributed by atoms with Gasteiger partial charge in [-0.3, -0.25) is 9.88 Å². The van der Waals surface area contributed by atoms with E-state index in [0.717, 1.165) is 62.3 Å². The van der Waals surface area contributed by atoms with Gasteiger partial charge in [0, 0.05) is 30.1 Å². The van der Waals surface area contributed by atoms with E-state index < -0.39 is 0 Å². The second-order valence-electron chi connectivity index (χ2n) is 8.15. The molecule has 0 saturated carbocycles. The van der Waals surface area contributed by atoms with Gasteiger partial charge in [-0.1, -0.05) is 5.92 Å². The van der Waals surface area contributed by atoms with E-state index in [4.69, 9.17) is 4.74 Å². The Morgan fingerprint density at radius 1 is 1.26 bits per heavy atom. The van der Waals surface area contributed by atoms with E-state index in [-0.39, 0.29) is 6.61 Å². The summed E-state index contributed by atoms with van der Waals surface area (Å²) in [6.07, 6.45) is 6.28. The predicted molar refractivity (Wildman–Crippen MR) is 125 cm³/mol. The maximum absolute atomic E-state index is 9.98. The Hall–Kier alpha value is -2.46. The number of pyridine rings is 1. The van der Waals surface area contributed by atoms with Crippen LogP contribution < -0.4 is 4.74 Å². The Kier molecular flexibility index (Phi) is 7.52. The fraction of sp³-hybridized carbons (Fsp3) is 0.440. The minimum Gasteiger partial charge on any atom is -0.497 e. The van der Waals surface area contributed by atoms with Crippen LogP contribution in [0, 0.1) is 23.7 Å². The van der Waals surface area contributed by atoms with Crippen LogP contribution in [0.2, 0.25) is 0 Å². The standard InChI is InChI=1S/C25H29N3O2S/c1-30-23-7-8-25-24(14-23)20(9-11-26-25)5-2-4-19-10-13-28(15-21(19)16-29)12-3-6-22-17-31-18-27-22/h7-9,11,14,17-19,21,29H,2,4-5,10,12-13,15-16H2,1H3/t19-,21-/m1/s1. The Morgan fingerprint density at radius 2 is 2.19 bits per heavy atom. The third-order valence-electron chi connectivity index (χ3n) is 6.22. The number of aromatic nitrogens is 2. The van der Waals surface area contributed by atoms with Gasteiger partial charge in [-0.2, -0.15) is 0 Å². The molecule has 1 aliphatic heterocycles. The number of methoxy groups -OCH3 is 1. The molecule has 1 N–H and O–H groups in total. The van der Waals surface area contributed by atoms with Crippen LogP contribution in [0.5, 0.6) is 5.75 Å². The van der Waals surface area contributed by atoms with Gasteiger partial charge >= 0.3 is 0 Å². The molecular formula is C25H29N3O2S. The SMILES string of the molecule is COc1ccc2nccc(CCC[C@@H]3CCN(CC#Cc4cscn4)C[C@@H]3CO)c2c1. The van der Waals surface area contributed by atoms with E-state index in [1.54, 1.807) is 18.4 Å². The molecule has 4 rings (SSSR count). The maximum atomic E-state index is 9.98. The molecule has 31 heavy (non-hydrogen) atoms. The second-order valence-corrected chi connectivity index (χ2v) is 8.87. The van der Waals surface area contributed by atoms with E-state index >= 15 is 0 Å². The zero-order valence-corrected chi connectivity index (χ0v) is 18.8. The Bertz CT molecular complexity index is 1040. The van der Waals surface area contributed by atoms with Crippen molar-refractivity contribution < 1.29 is 9.84 Å². The molecule has 1 aliphatic rings. The van der Waals surface area contributed by atoms with Crippen LogP contribution in [0.3, 0.4) is 0 Å². The normalized spacial score (nSPS) is 19.2. The average molecular weight is 436 g/mol. The average Bonchev–Trinajstić information content (AvgIpc) is 3.33. The number of hydrogen-bond acceptors (Lipinski definition) is 6. The molecule has 162 valence electrons. The van der Waals surface area contributed by atoms with E-state index in [1.807, 2.05) is 29.2 Å². The van der Waals surface area contributed by atoms with Crippen LogP contribution in [0.1, 0.15) is 30.5 Å². The molecule has 3 aromatic rings. The summed E-state index contributed by atoms with van der Waals surface area (Å²) in [6, 6.07) is 8.18. The van der Waals surface area contributed by atoms with E-state index in [2.05, 4.69) is 38.8 Å².